The molecule has 144 valence electrons. The Morgan fingerprint density at radius 3 is 2.64 bits per heavy atom. The summed E-state index contributed by atoms with van der Waals surface area (Å²) in [4.78, 5) is 19.6. The van der Waals surface area contributed by atoms with E-state index < -0.39 is 0 Å². The highest BCUT2D eigenvalue weighted by molar-refractivity contribution is 5.95. The molecule has 0 unspecified atom stereocenters. The summed E-state index contributed by atoms with van der Waals surface area (Å²) in [6, 6.07) is 20.1. The summed E-state index contributed by atoms with van der Waals surface area (Å²) in [5.41, 5.74) is 2.59. The predicted molar refractivity (Wildman–Crippen MR) is 111 cm³/mol. The Balaban J connectivity index is 1.33. The van der Waals surface area contributed by atoms with Crippen molar-refractivity contribution in [3.8, 4) is 5.75 Å². The molecule has 1 aromatic heterocycles. The molecule has 1 aliphatic rings. The quantitative estimate of drug-likeness (QED) is 0.740. The number of nitrogens with one attached hydrogen (secondary N) is 1. The number of carbonyl (C=O) groups is 1. The van der Waals surface area contributed by atoms with Crippen LogP contribution in [-0.2, 0) is 6.54 Å². The first-order valence-corrected chi connectivity index (χ1v) is 9.73. The van der Waals surface area contributed by atoms with Gasteiger partial charge in [-0.05, 0) is 42.7 Å². The van der Waals surface area contributed by atoms with Crippen molar-refractivity contribution in [2.45, 2.75) is 25.4 Å². The molecule has 4 rings (SSSR count). The van der Waals surface area contributed by atoms with Crippen molar-refractivity contribution in [3.05, 3.63) is 71.9 Å². The van der Waals surface area contributed by atoms with Crippen molar-refractivity contribution in [1.82, 2.24) is 15.2 Å². The molecule has 0 atom stereocenters. The van der Waals surface area contributed by atoms with Gasteiger partial charge < -0.3 is 10.1 Å². The second kappa shape index (κ2) is 8.40. The average molecular weight is 375 g/mol. The first-order valence-electron chi connectivity index (χ1n) is 9.73. The van der Waals surface area contributed by atoms with Gasteiger partial charge in [0.1, 0.15) is 11.4 Å². The lowest BCUT2D eigenvalue weighted by atomic mass is 10.0. The van der Waals surface area contributed by atoms with Crippen molar-refractivity contribution in [1.29, 1.82) is 0 Å². The summed E-state index contributed by atoms with van der Waals surface area (Å²) in [6.07, 6.45) is 1.92. The van der Waals surface area contributed by atoms with Crippen LogP contribution in [0.25, 0.3) is 10.9 Å². The molecule has 1 saturated heterocycles. The van der Waals surface area contributed by atoms with Gasteiger partial charge in [0, 0.05) is 31.1 Å². The maximum Gasteiger partial charge on any atom is 0.270 e. The van der Waals surface area contributed by atoms with Gasteiger partial charge in [0.05, 0.1) is 12.6 Å². The van der Waals surface area contributed by atoms with Crippen molar-refractivity contribution in [2.24, 2.45) is 0 Å². The Bertz CT molecular complexity index is 950. The molecule has 0 spiro atoms. The fourth-order valence-corrected chi connectivity index (χ4v) is 3.69. The number of benzene rings is 2. The minimum absolute atomic E-state index is 0.0979. The van der Waals surface area contributed by atoms with Crippen molar-refractivity contribution in [3.63, 3.8) is 0 Å². The Hall–Kier alpha value is -2.92. The number of hydrogen-bond donors (Lipinski definition) is 1. The minimum atomic E-state index is -0.0979. The lowest BCUT2D eigenvalue weighted by molar-refractivity contribution is 0.0904. The molecule has 0 bridgehead atoms. The number of ether oxygens (including phenoxy) is 1. The van der Waals surface area contributed by atoms with Gasteiger partial charge in [-0.3, -0.25) is 9.69 Å². The molecular formula is C23H25N3O2. The maximum atomic E-state index is 12.6. The van der Waals surface area contributed by atoms with Gasteiger partial charge in [-0.15, -0.1) is 0 Å². The number of nitrogens with zero attached hydrogens (tertiary/aromatic N) is 2. The van der Waals surface area contributed by atoms with E-state index >= 15 is 0 Å². The normalized spacial score (nSPS) is 15.5. The number of likely N-dealkylation sites (tertiary alicyclic amines) is 1. The maximum absolute atomic E-state index is 12.6. The summed E-state index contributed by atoms with van der Waals surface area (Å²) in [7, 11) is 1.64. The lowest BCUT2D eigenvalue weighted by Crippen LogP contribution is -2.44. The van der Waals surface area contributed by atoms with Crippen LogP contribution in [0.3, 0.4) is 0 Å². The van der Waals surface area contributed by atoms with Crippen LogP contribution < -0.4 is 10.1 Å². The summed E-state index contributed by atoms with van der Waals surface area (Å²) in [5, 5.41) is 4.12. The fraction of sp³-hybridized carbons (Fsp3) is 0.304. The molecule has 1 aliphatic heterocycles. The Kier molecular flexibility index (Phi) is 5.53. The molecule has 28 heavy (non-hydrogen) atoms. The third-order valence-corrected chi connectivity index (χ3v) is 5.30. The number of pyridine rings is 1. The topological polar surface area (TPSA) is 54.5 Å². The van der Waals surface area contributed by atoms with E-state index in [1.807, 2.05) is 30.3 Å². The first-order chi connectivity index (χ1) is 13.7. The van der Waals surface area contributed by atoms with Crippen LogP contribution in [0.4, 0.5) is 0 Å². The average Bonchev–Trinajstić information content (AvgIpc) is 2.75. The number of methoxy groups -OCH3 is 1. The van der Waals surface area contributed by atoms with Gasteiger partial charge in [-0.2, -0.15) is 0 Å². The monoisotopic (exact) mass is 375 g/mol. The van der Waals surface area contributed by atoms with Crippen LogP contribution in [0, 0.1) is 0 Å². The summed E-state index contributed by atoms with van der Waals surface area (Å²) < 4.78 is 5.24. The van der Waals surface area contributed by atoms with Crippen molar-refractivity contribution >= 4 is 16.8 Å². The van der Waals surface area contributed by atoms with Crippen LogP contribution >= 0.6 is 0 Å². The van der Waals surface area contributed by atoms with Gasteiger partial charge in [-0.25, -0.2) is 4.98 Å². The molecule has 5 nitrogen and oxygen atoms in total. The number of carbonyl (C=O) groups excluding carboxylic acids is 1. The third kappa shape index (κ3) is 4.31. The molecule has 5 heteroatoms. The van der Waals surface area contributed by atoms with Crippen LogP contribution in [0.1, 0.15) is 28.9 Å². The van der Waals surface area contributed by atoms with Crippen LogP contribution in [-0.4, -0.2) is 42.0 Å². The minimum Gasteiger partial charge on any atom is -0.497 e. The number of amides is 1. The highest BCUT2D eigenvalue weighted by Crippen LogP contribution is 2.20. The van der Waals surface area contributed by atoms with E-state index in [2.05, 4.69) is 39.5 Å². The number of piperidine rings is 1. The second-order valence-corrected chi connectivity index (χ2v) is 7.26. The number of hydrogen-bond acceptors (Lipinski definition) is 4. The van der Waals surface area contributed by atoms with Gasteiger partial charge in [0.25, 0.3) is 5.91 Å². The Labute approximate surface area is 165 Å². The van der Waals surface area contributed by atoms with E-state index in [4.69, 9.17) is 4.74 Å². The van der Waals surface area contributed by atoms with E-state index in [1.165, 1.54) is 5.56 Å². The predicted octanol–water partition coefficient (Wildman–Crippen LogP) is 3.64. The number of aromatic nitrogens is 1. The molecular weight excluding hydrogens is 350 g/mol. The largest absolute Gasteiger partial charge is 0.497 e. The standard InChI is InChI=1S/C23H25N3O2/c1-28-20-8-10-21-18(15-20)7-9-22(25-21)23(27)24-19-11-13-26(14-12-19)16-17-5-3-2-4-6-17/h2-10,15,19H,11-14,16H2,1H3,(H,24,27). The SMILES string of the molecule is COc1ccc2nc(C(=O)NC3CCN(Cc4ccccc4)CC3)ccc2c1. The zero-order chi connectivity index (χ0) is 19.3. The Morgan fingerprint density at radius 2 is 1.89 bits per heavy atom. The summed E-state index contributed by atoms with van der Waals surface area (Å²) in [5.74, 6) is 0.688. The molecule has 0 radical (unpaired) electrons. The third-order valence-electron chi connectivity index (χ3n) is 5.30. The molecule has 0 saturated carbocycles. The van der Waals surface area contributed by atoms with Gasteiger partial charge in [0.2, 0.25) is 0 Å². The molecule has 1 fully saturated rings. The Morgan fingerprint density at radius 1 is 1.11 bits per heavy atom. The van der Waals surface area contributed by atoms with E-state index in [0.29, 0.717) is 5.69 Å². The van der Waals surface area contributed by atoms with Gasteiger partial charge in [-0.1, -0.05) is 36.4 Å². The van der Waals surface area contributed by atoms with Crippen LogP contribution in [0.2, 0.25) is 0 Å². The smallest absolute Gasteiger partial charge is 0.270 e. The summed E-state index contributed by atoms with van der Waals surface area (Å²) in [6.45, 7) is 2.95. The number of fused-ring (bicyclic) bond motifs is 1. The highest BCUT2D eigenvalue weighted by Gasteiger charge is 2.21. The second-order valence-electron chi connectivity index (χ2n) is 7.26. The summed E-state index contributed by atoms with van der Waals surface area (Å²) >= 11 is 0. The molecule has 2 heterocycles. The molecule has 1 N–H and O–H groups in total. The number of rotatable bonds is 5. The van der Waals surface area contributed by atoms with E-state index in [-0.39, 0.29) is 11.9 Å². The van der Waals surface area contributed by atoms with Crippen molar-refractivity contribution in [2.75, 3.05) is 20.2 Å². The lowest BCUT2D eigenvalue weighted by Gasteiger charge is -2.32. The molecule has 2 aromatic carbocycles. The fourth-order valence-electron chi connectivity index (χ4n) is 3.69. The van der Waals surface area contributed by atoms with Crippen molar-refractivity contribution < 1.29 is 9.53 Å². The van der Waals surface area contributed by atoms with Crippen LogP contribution in [0.5, 0.6) is 5.75 Å². The van der Waals surface area contributed by atoms with Gasteiger partial charge in [0.15, 0.2) is 0 Å². The zero-order valence-corrected chi connectivity index (χ0v) is 16.1. The van der Waals surface area contributed by atoms with Gasteiger partial charge >= 0.3 is 0 Å². The van der Waals surface area contributed by atoms with E-state index in [0.717, 1.165) is 49.1 Å². The van der Waals surface area contributed by atoms with E-state index in [9.17, 15) is 4.79 Å². The molecule has 0 aliphatic carbocycles. The molecule has 1 amide bonds. The first kappa shape index (κ1) is 18.4. The highest BCUT2D eigenvalue weighted by atomic mass is 16.5. The zero-order valence-electron chi connectivity index (χ0n) is 16.1. The molecule has 3 aromatic rings. The van der Waals surface area contributed by atoms with E-state index in [1.54, 1.807) is 13.2 Å². The van der Waals surface area contributed by atoms with Crippen LogP contribution in [0.15, 0.2) is 60.7 Å².